The first kappa shape index (κ1) is 17.5. The molecule has 1 aliphatic rings. The Morgan fingerprint density at radius 2 is 1.96 bits per heavy atom. The number of allylic oxidation sites excluding steroid dienone is 1. The minimum atomic E-state index is -4.34. The maximum absolute atomic E-state index is 12.5. The van der Waals surface area contributed by atoms with Crippen LogP contribution in [0.1, 0.15) is 24.0 Å². The molecule has 0 heterocycles. The molecule has 0 aliphatic heterocycles. The molecule has 2 rings (SSSR count). The summed E-state index contributed by atoms with van der Waals surface area (Å²) in [5.74, 6) is -0.550. The summed E-state index contributed by atoms with van der Waals surface area (Å²) in [6, 6.07) is 4.88. The molecular weight excluding hydrogens is 309 g/mol. The van der Waals surface area contributed by atoms with Crippen molar-refractivity contribution in [1.29, 1.82) is 0 Å². The van der Waals surface area contributed by atoms with Gasteiger partial charge < -0.3 is 9.47 Å². The number of esters is 1. The lowest BCUT2D eigenvalue weighted by atomic mass is 9.97. The Hall–Kier alpha value is -1.82. The predicted octanol–water partition coefficient (Wildman–Crippen LogP) is 3.98. The molecule has 0 bridgehead atoms. The maximum Gasteiger partial charge on any atom is 0.416 e. The van der Waals surface area contributed by atoms with Crippen molar-refractivity contribution in [1.82, 2.24) is 0 Å². The van der Waals surface area contributed by atoms with E-state index >= 15 is 0 Å². The molecular formula is C17H19F3O3. The van der Waals surface area contributed by atoms with Crippen molar-refractivity contribution in [3.63, 3.8) is 0 Å². The standard InChI is InChI=1S/C17H19F3O3/c1-3-12-8-14(9-15(12)16(21)22-2)23-10-11-4-6-13(7-5-11)17(18,19)20/h3-7,12,14-15H,1,8-10H2,2H3/t12-,14+,15-/m1/s1. The number of carbonyl (C=O) groups excluding carboxylic acids is 1. The lowest BCUT2D eigenvalue weighted by Gasteiger charge is -2.13. The van der Waals surface area contributed by atoms with Crippen LogP contribution in [-0.4, -0.2) is 19.2 Å². The van der Waals surface area contributed by atoms with Gasteiger partial charge in [0.2, 0.25) is 0 Å². The normalized spacial score (nSPS) is 24.4. The van der Waals surface area contributed by atoms with Gasteiger partial charge in [0.15, 0.2) is 0 Å². The van der Waals surface area contributed by atoms with Gasteiger partial charge in [-0.05, 0) is 36.5 Å². The molecule has 1 saturated carbocycles. The second-order valence-electron chi connectivity index (χ2n) is 5.63. The SMILES string of the molecule is C=C[C@@H]1C[C@H](OCc2ccc(C(F)(F)F)cc2)C[C@H]1C(=O)OC. The van der Waals surface area contributed by atoms with E-state index in [1.165, 1.54) is 19.2 Å². The molecule has 3 nitrogen and oxygen atoms in total. The van der Waals surface area contributed by atoms with Crippen LogP contribution in [0.2, 0.25) is 0 Å². The van der Waals surface area contributed by atoms with Gasteiger partial charge in [0.1, 0.15) is 0 Å². The quantitative estimate of drug-likeness (QED) is 0.606. The molecule has 0 radical (unpaired) electrons. The summed E-state index contributed by atoms with van der Waals surface area (Å²) < 4.78 is 48.0. The molecule has 0 aromatic heterocycles. The van der Waals surface area contributed by atoms with Gasteiger partial charge in [-0.15, -0.1) is 6.58 Å². The van der Waals surface area contributed by atoms with E-state index in [0.717, 1.165) is 12.1 Å². The highest BCUT2D eigenvalue weighted by Gasteiger charge is 2.38. The van der Waals surface area contributed by atoms with Crippen LogP contribution < -0.4 is 0 Å². The highest BCUT2D eigenvalue weighted by molar-refractivity contribution is 5.73. The van der Waals surface area contributed by atoms with Gasteiger partial charge in [0, 0.05) is 0 Å². The Morgan fingerprint density at radius 3 is 2.48 bits per heavy atom. The zero-order chi connectivity index (χ0) is 17.0. The number of ether oxygens (including phenoxy) is 2. The first-order chi connectivity index (χ1) is 10.8. The summed E-state index contributed by atoms with van der Waals surface area (Å²) in [4.78, 5) is 11.7. The zero-order valence-electron chi connectivity index (χ0n) is 12.8. The van der Waals surface area contributed by atoms with Crippen molar-refractivity contribution in [3.8, 4) is 0 Å². The van der Waals surface area contributed by atoms with Gasteiger partial charge in [0.25, 0.3) is 0 Å². The molecule has 0 unspecified atom stereocenters. The van der Waals surface area contributed by atoms with E-state index in [-0.39, 0.29) is 30.5 Å². The summed E-state index contributed by atoms with van der Waals surface area (Å²) in [5, 5.41) is 0. The average molecular weight is 328 g/mol. The van der Waals surface area contributed by atoms with Crippen molar-refractivity contribution in [3.05, 3.63) is 48.0 Å². The third-order valence-electron chi connectivity index (χ3n) is 4.14. The second-order valence-corrected chi connectivity index (χ2v) is 5.63. The lowest BCUT2D eigenvalue weighted by molar-refractivity contribution is -0.146. The smallest absolute Gasteiger partial charge is 0.416 e. The Morgan fingerprint density at radius 1 is 1.30 bits per heavy atom. The monoisotopic (exact) mass is 328 g/mol. The number of methoxy groups -OCH3 is 1. The van der Waals surface area contributed by atoms with E-state index in [9.17, 15) is 18.0 Å². The van der Waals surface area contributed by atoms with E-state index in [1.54, 1.807) is 6.08 Å². The van der Waals surface area contributed by atoms with Crippen LogP contribution in [-0.2, 0) is 27.1 Å². The molecule has 0 spiro atoms. The molecule has 23 heavy (non-hydrogen) atoms. The van der Waals surface area contributed by atoms with E-state index in [2.05, 4.69) is 6.58 Å². The number of halogens is 3. The molecule has 0 amide bonds. The largest absolute Gasteiger partial charge is 0.469 e. The van der Waals surface area contributed by atoms with E-state index < -0.39 is 11.7 Å². The highest BCUT2D eigenvalue weighted by atomic mass is 19.4. The van der Waals surface area contributed by atoms with E-state index in [4.69, 9.17) is 9.47 Å². The molecule has 126 valence electrons. The Kier molecular flexibility index (Phi) is 5.46. The maximum atomic E-state index is 12.5. The van der Waals surface area contributed by atoms with Gasteiger partial charge >= 0.3 is 12.1 Å². The number of hydrogen-bond donors (Lipinski definition) is 0. The number of rotatable bonds is 5. The van der Waals surface area contributed by atoms with E-state index in [1.807, 2.05) is 0 Å². The van der Waals surface area contributed by atoms with Crippen LogP contribution in [0, 0.1) is 11.8 Å². The van der Waals surface area contributed by atoms with E-state index in [0.29, 0.717) is 18.4 Å². The minimum Gasteiger partial charge on any atom is -0.469 e. The summed E-state index contributed by atoms with van der Waals surface area (Å²) in [6.45, 7) is 3.93. The third-order valence-corrected chi connectivity index (χ3v) is 4.14. The van der Waals surface area contributed by atoms with Crippen molar-refractivity contribution >= 4 is 5.97 Å². The Bertz CT molecular complexity index is 551. The predicted molar refractivity (Wildman–Crippen MR) is 78.4 cm³/mol. The van der Waals surface area contributed by atoms with Crippen LogP contribution >= 0.6 is 0 Å². The average Bonchev–Trinajstić information content (AvgIpc) is 2.95. The summed E-state index contributed by atoms with van der Waals surface area (Å²) in [7, 11) is 1.35. The molecule has 1 aromatic carbocycles. The van der Waals surface area contributed by atoms with Crippen molar-refractivity contribution in [2.45, 2.75) is 31.7 Å². The van der Waals surface area contributed by atoms with Gasteiger partial charge in [-0.2, -0.15) is 13.2 Å². The fraction of sp³-hybridized carbons (Fsp3) is 0.471. The highest BCUT2D eigenvalue weighted by Crippen LogP contribution is 2.36. The zero-order valence-corrected chi connectivity index (χ0v) is 12.8. The van der Waals surface area contributed by atoms with Crippen LogP contribution in [0.5, 0.6) is 0 Å². The minimum absolute atomic E-state index is 0.0000513. The van der Waals surface area contributed by atoms with Gasteiger partial charge in [-0.3, -0.25) is 4.79 Å². The second kappa shape index (κ2) is 7.17. The van der Waals surface area contributed by atoms with Crippen LogP contribution in [0.25, 0.3) is 0 Å². The summed E-state index contributed by atoms with van der Waals surface area (Å²) in [5.41, 5.74) is -0.0192. The number of alkyl halides is 3. The molecule has 0 N–H and O–H groups in total. The Balaban J connectivity index is 1.91. The third kappa shape index (κ3) is 4.34. The molecule has 6 heteroatoms. The van der Waals surface area contributed by atoms with Crippen LogP contribution in [0.4, 0.5) is 13.2 Å². The summed E-state index contributed by atoms with van der Waals surface area (Å²) in [6.07, 6.45) is -1.56. The first-order valence-corrected chi connectivity index (χ1v) is 7.33. The first-order valence-electron chi connectivity index (χ1n) is 7.33. The van der Waals surface area contributed by atoms with Crippen molar-refractivity contribution < 1.29 is 27.4 Å². The van der Waals surface area contributed by atoms with Gasteiger partial charge in [0.05, 0.1) is 31.3 Å². The molecule has 3 atom stereocenters. The molecule has 1 aromatic rings. The van der Waals surface area contributed by atoms with Crippen LogP contribution in [0.3, 0.4) is 0 Å². The van der Waals surface area contributed by atoms with Crippen LogP contribution in [0.15, 0.2) is 36.9 Å². The fourth-order valence-corrected chi connectivity index (χ4v) is 2.85. The fourth-order valence-electron chi connectivity index (χ4n) is 2.85. The van der Waals surface area contributed by atoms with Gasteiger partial charge in [-0.1, -0.05) is 18.2 Å². The summed E-state index contributed by atoms with van der Waals surface area (Å²) >= 11 is 0. The molecule has 1 aliphatic carbocycles. The van der Waals surface area contributed by atoms with Crippen molar-refractivity contribution in [2.24, 2.45) is 11.8 Å². The lowest BCUT2D eigenvalue weighted by Crippen LogP contribution is -2.19. The van der Waals surface area contributed by atoms with Gasteiger partial charge in [-0.25, -0.2) is 0 Å². The molecule has 0 saturated heterocycles. The molecule has 1 fully saturated rings. The number of carbonyl (C=O) groups is 1. The van der Waals surface area contributed by atoms with Crippen molar-refractivity contribution in [2.75, 3.05) is 7.11 Å². The number of benzene rings is 1. The topological polar surface area (TPSA) is 35.5 Å². The Labute approximate surface area is 133 Å². The number of hydrogen-bond acceptors (Lipinski definition) is 3.